The third-order valence-electron chi connectivity index (χ3n) is 2.96. The van der Waals surface area contributed by atoms with E-state index in [0.29, 0.717) is 12.8 Å². The summed E-state index contributed by atoms with van der Waals surface area (Å²) in [6.07, 6.45) is 1.72. The van der Waals surface area contributed by atoms with Gasteiger partial charge < -0.3 is 14.7 Å². The predicted molar refractivity (Wildman–Crippen MR) is 72.1 cm³/mol. The van der Waals surface area contributed by atoms with E-state index in [1.54, 1.807) is 19.1 Å². The molecule has 0 unspecified atom stereocenters. The number of nitrogens with zero attached hydrogens (tertiary/aromatic N) is 1. The second kappa shape index (κ2) is 7.01. The minimum atomic E-state index is 0.0104. The number of aliphatic hydroxyl groups excluding tert-OH is 1. The van der Waals surface area contributed by atoms with E-state index in [2.05, 4.69) is 6.92 Å². The summed E-state index contributed by atoms with van der Waals surface area (Å²) in [5, 5.41) is 8.73. The van der Waals surface area contributed by atoms with Crippen molar-refractivity contribution in [2.24, 2.45) is 0 Å². The highest BCUT2D eigenvalue weighted by Gasteiger charge is 2.12. The summed E-state index contributed by atoms with van der Waals surface area (Å²) >= 11 is 0. The zero-order valence-electron chi connectivity index (χ0n) is 11.3. The van der Waals surface area contributed by atoms with Crippen LogP contribution < -0.4 is 9.64 Å². The van der Waals surface area contributed by atoms with Crippen molar-refractivity contribution in [1.29, 1.82) is 0 Å². The Hall–Kier alpha value is -1.55. The molecule has 0 saturated carbocycles. The Labute approximate surface area is 108 Å². The van der Waals surface area contributed by atoms with E-state index in [1.165, 1.54) is 0 Å². The molecule has 0 fully saturated rings. The maximum atomic E-state index is 11.8. The van der Waals surface area contributed by atoms with Gasteiger partial charge in [-0.1, -0.05) is 6.92 Å². The van der Waals surface area contributed by atoms with Crippen LogP contribution in [0.3, 0.4) is 0 Å². The van der Waals surface area contributed by atoms with Crippen molar-refractivity contribution < 1.29 is 14.6 Å². The summed E-state index contributed by atoms with van der Waals surface area (Å²) in [5.74, 6) is 0.855. The molecule has 4 nitrogen and oxygen atoms in total. The molecule has 0 heterocycles. The molecular formula is C14H21NO3. The normalized spacial score (nSPS) is 10.2. The van der Waals surface area contributed by atoms with Crippen LogP contribution in [0, 0.1) is 0 Å². The highest BCUT2D eigenvalue weighted by molar-refractivity contribution is 5.92. The minimum absolute atomic E-state index is 0.0104. The molecule has 1 N–H and O–H groups in total. The molecule has 0 aliphatic carbocycles. The molecule has 0 bridgehead atoms. The fourth-order valence-corrected chi connectivity index (χ4v) is 1.79. The Morgan fingerprint density at radius 1 is 1.44 bits per heavy atom. The van der Waals surface area contributed by atoms with Crippen molar-refractivity contribution in [2.45, 2.75) is 26.2 Å². The van der Waals surface area contributed by atoms with Crippen LogP contribution in [0.5, 0.6) is 5.75 Å². The second-order valence-electron chi connectivity index (χ2n) is 4.13. The van der Waals surface area contributed by atoms with E-state index >= 15 is 0 Å². The van der Waals surface area contributed by atoms with Gasteiger partial charge in [-0.2, -0.15) is 0 Å². The van der Waals surface area contributed by atoms with Gasteiger partial charge in [0, 0.05) is 25.8 Å². The number of rotatable bonds is 6. The lowest BCUT2D eigenvalue weighted by Crippen LogP contribution is -2.26. The van der Waals surface area contributed by atoms with Gasteiger partial charge in [0.1, 0.15) is 5.75 Å². The predicted octanol–water partition coefficient (Wildman–Crippen LogP) is 1.99. The Balaban J connectivity index is 2.85. The highest BCUT2D eigenvalue weighted by Crippen LogP contribution is 2.25. The van der Waals surface area contributed by atoms with Gasteiger partial charge in [-0.15, -0.1) is 0 Å². The van der Waals surface area contributed by atoms with Gasteiger partial charge in [-0.25, -0.2) is 0 Å². The third kappa shape index (κ3) is 3.47. The van der Waals surface area contributed by atoms with Crippen LogP contribution in [0.2, 0.25) is 0 Å². The number of aliphatic hydroxyl groups is 1. The molecule has 0 saturated heterocycles. The summed E-state index contributed by atoms with van der Waals surface area (Å²) < 4.78 is 5.26. The zero-order valence-corrected chi connectivity index (χ0v) is 11.3. The summed E-state index contributed by atoms with van der Waals surface area (Å²) in [4.78, 5) is 13.5. The smallest absolute Gasteiger partial charge is 0.226 e. The Bertz CT molecular complexity index is 404. The van der Waals surface area contributed by atoms with Crippen molar-refractivity contribution >= 4 is 11.6 Å². The number of anilines is 1. The van der Waals surface area contributed by atoms with Crippen LogP contribution in [-0.4, -0.2) is 31.8 Å². The van der Waals surface area contributed by atoms with E-state index < -0.39 is 0 Å². The number of amides is 1. The van der Waals surface area contributed by atoms with Crippen molar-refractivity contribution in [1.82, 2.24) is 0 Å². The number of ether oxygens (including phenoxy) is 1. The molecule has 0 aliphatic heterocycles. The van der Waals surface area contributed by atoms with Crippen LogP contribution in [0.15, 0.2) is 18.2 Å². The number of carbonyl (C=O) groups is 1. The first-order valence-electron chi connectivity index (χ1n) is 6.18. The molecule has 0 radical (unpaired) electrons. The molecule has 0 aromatic heterocycles. The van der Waals surface area contributed by atoms with Crippen molar-refractivity contribution in [3.05, 3.63) is 23.8 Å². The quantitative estimate of drug-likeness (QED) is 0.841. The summed E-state index contributed by atoms with van der Waals surface area (Å²) in [6.45, 7) is 2.09. The van der Waals surface area contributed by atoms with Crippen LogP contribution in [0.25, 0.3) is 0 Å². The second-order valence-corrected chi connectivity index (χ2v) is 4.13. The SMILES string of the molecule is CCc1cc(N(C)C(=O)CCCO)ccc1OC. The number of hydrogen-bond acceptors (Lipinski definition) is 3. The number of carbonyl (C=O) groups excluding carboxylic acids is 1. The van der Waals surface area contributed by atoms with E-state index in [4.69, 9.17) is 9.84 Å². The van der Waals surface area contributed by atoms with Gasteiger partial charge in [-0.3, -0.25) is 4.79 Å². The van der Waals surface area contributed by atoms with Gasteiger partial charge in [0.15, 0.2) is 0 Å². The Kier molecular flexibility index (Phi) is 5.65. The van der Waals surface area contributed by atoms with Crippen molar-refractivity contribution in [2.75, 3.05) is 25.7 Å². The van der Waals surface area contributed by atoms with E-state index in [9.17, 15) is 4.79 Å². The molecule has 0 atom stereocenters. The van der Waals surface area contributed by atoms with Gasteiger partial charge in [0.2, 0.25) is 5.91 Å². The van der Waals surface area contributed by atoms with Gasteiger partial charge in [0.05, 0.1) is 7.11 Å². The molecule has 1 aromatic rings. The first-order chi connectivity index (χ1) is 8.63. The lowest BCUT2D eigenvalue weighted by atomic mass is 10.1. The summed E-state index contributed by atoms with van der Waals surface area (Å²) in [5.41, 5.74) is 1.94. The molecule has 1 aromatic carbocycles. The molecule has 0 aliphatic rings. The molecule has 100 valence electrons. The number of methoxy groups -OCH3 is 1. The van der Waals surface area contributed by atoms with Crippen molar-refractivity contribution in [3.8, 4) is 5.75 Å². The average molecular weight is 251 g/mol. The van der Waals surface area contributed by atoms with Gasteiger partial charge in [0.25, 0.3) is 0 Å². The zero-order chi connectivity index (χ0) is 13.5. The lowest BCUT2D eigenvalue weighted by molar-refractivity contribution is -0.118. The number of aryl methyl sites for hydroxylation is 1. The highest BCUT2D eigenvalue weighted by atomic mass is 16.5. The maximum Gasteiger partial charge on any atom is 0.226 e. The maximum absolute atomic E-state index is 11.8. The number of hydrogen-bond donors (Lipinski definition) is 1. The van der Waals surface area contributed by atoms with Crippen LogP contribution in [-0.2, 0) is 11.2 Å². The monoisotopic (exact) mass is 251 g/mol. The fraction of sp³-hybridized carbons (Fsp3) is 0.500. The molecule has 0 spiro atoms. The average Bonchev–Trinajstić information content (AvgIpc) is 2.42. The lowest BCUT2D eigenvalue weighted by Gasteiger charge is -2.19. The first kappa shape index (κ1) is 14.5. The van der Waals surface area contributed by atoms with Crippen LogP contribution in [0.1, 0.15) is 25.3 Å². The van der Waals surface area contributed by atoms with E-state index in [-0.39, 0.29) is 12.5 Å². The number of benzene rings is 1. The van der Waals surface area contributed by atoms with Crippen molar-refractivity contribution in [3.63, 3.8) is 0 Å². The standard InChI is InChI=1S/C14H21NO3/c1-4-11-10-12(7-8-13(11)18-3)15(2)14(17)6-5-9-16/h7-8,10,16H,4-6,9H2,1-3H3. The summed E-state index contributed by atoms with van der Waals surface area (Å²) in [6, 6.07) is 5.72. The van der Waals surface area contributed by atoms with Crippen LogP contribution in [0.4, 0.5) is 5.69 Å². The molecule has 18 heavy (non-hydrogen) atoms. The molecule has 1 amide bonds. The Morgan fingerprint density at radius 2 is 2.17 bits per heavy atom. The van der Waals surface area contributed by atoms with Gasteiger partial charge >= 0.3 is 0 Å². The molecule has 4 heteroatoms. The summed E-state index contributed by atoms with van der Waals surface area (Å²) in [7, 11) is 3.39. The van der Waals surface area contributed by atoms with Crippen LogP contribution >= 0.6 is 0 Å². The largest absolute Gasteiger partial charge is 0.496 e. The molecular weight excluding hydrogens is 230 g/mol. The van der Waals surface area contributed by atoms with Gasteiger partial charge in [-0.05, 0) is 36.6 Å². The third-order valence-corrected chi connectivity index (χ3v) is 2.96. The fourth-order valence-electron chi connectivity index (χ4n) is 1.79. The van der Waals surface area contributed by atoms with E-state index in [1.807, 2.05) is 18.2 Å². The topological polar surface area (TPSA) is 49.8 Å². The Morgan fingerprint density at radius 3 is 2.72 bits per heavy atom. The van der Waals surface area contributed by atoms with E-state index in [0.717, 1.165) is 23.4 Å². The molecule has 1 rings (SSSR count). The minimum Gasteiger partial charge on any atom is -0.496 e. The first-order valence-corrected chi connectivity index (χ1v) is 6.18.